The maximum atomic E-state index is 11.8. The first-order valence-electron chi connectivity index (χ1n) is 7.22. The zero-order chi connectivity index (χ0) is 19.4. The summed E-state index contributed by atoms with van der Waals surface area (Å²) in [5.41, 5.74) is -0.718. The number of esters is 2. The highest BCUT2D eigenvalue weighted by molar-refractivity contribution is 6.08. The molecular weight excluding hydrogens is 344 g/mol. The maximum absolute atomic E-state index is 11.8. The number of carboxylic acid groups (broad SMARTS) is 2. The SMILES string of the molecule is COC(=O)c1ccc(-c2cccc(C(=O)OC)c2C(=O)O)cc1C(=O)O. The van der Waals surface area contributed by atoms with Crippen LogP contribution in [0.25, 0.3) is 11.1 Å². The fourth-order valence-corrected chi connectivity index (χ4v) is 2.48. The summed E-state index contributed by atoms with van der Waals surface area (Å²) in [6.45, 7) is 0. The second kappa shape index (κ2) is 7.47. The molecule has 26 heavy (non-hydrogen) atoms. The van der Waals surface area contributed by atoms with Gasteiger partial charge in [0.15, 0.2) is 0 Å². The molecular formula is C18H14O8. The standard InChI is InChI=1S/C18H14O8/c1-25-17(23)11-7-6-9(8-13(11)15(19)20)10-4-3-5-12(18(24)26-2)14(10)16(21)22/h3-8H,1-2H3,(H,19,20)(H,21,22). The van der Waals surface area contributed by atoms with Gasteiger partial charge in [-0.3, -0.25) is 0 Å². The number of aromatic carboxylic acids is 2. The van der Waals surface area contributed by atoms with Crippen LogP contribution in [0.3, 0.4) is 0 Å². The van der Waals surface area contributed by atoms with E-state index in [9.17, 15) is 29.4 Å². The fraction of sp³-hybridized carbons (Fsp3) is 0.111. The predicted molar refractivity (Wildman–Crippen MR) is 88.5 cm³/mol. The molecule has 0 aromatic heterocycles. The first kappa shape index (κ1) is 18.7. The molecule has 0 spiro atoms. The molecule has 0 amide bonds. The van der Waals surface area contributed by atoms with Gasteiger partial charge in [0, 0.05) is 0 Å². The number of carbonyl (C=O) groups is 4. The van der Waals surface area contributed by atoms with Crippen LogP contribution in [0.1, 0.15) is 41.4 Å². The van der Waals surface area contributed by atoms with Gasteiger partial charge in [-0.15, -0.1) is 0 Å². The molecule has 0 atom stereocenters. The third-order valence-corrected chi connectivity index (χ3v) is 3.65. The van der Waals surface area contributed by atoms with Crippen LogP contribution >= 0.6 is 0 Å². The molecule has 0 radical (unpaired) electrons. The predicted octanol–water partition coefficient (Wildman–Crippen LogP) is 2.32. The van der Waals surface area contributed by atoms with Crippen molar-refractivity contribution in [2.75, 3.05) is 14.2 Å². The summed E-state index contributed by atoms with van der Waals surface area (Å²) in [5, 5.41) is 18.9. The number of carboxylic acids is 2. The van der Waals surface area contributed by atoms with Gasteiger partial charge in [-0.2, -0.15) is 0 Å². The summed E-state index contributed by atoms with van der Waals surface area (Å²) in [6, 6.07) is 7.91. The summed E-state index contributed by atoms with van der Waals surface area (Å²) in [4.78, 5) is 46.7. The Morgan fingerprint density at radius 2 is 1.38 bits per heavy atom. The van der Waals surface area contributed by atoms with Crippen LogP contribution in [-0.4, -0.2) is 48.3 Å². The van der Waals surface area contributed by atoms with Gasteiger partial charge in [0.25, 0.3) is 0 Å². The van der Waals surface area contributed by atoms with E-state index in [0.717, 1.165) is 20.3 Å². The first-order chi connectivity index (χ1) is 12.3. The van der Waals surface area contributed by atoms with Crippen molar-refractivity contribution in [3.63, 3.8) is 0 Å². The average molecular weight is 358 g/mol. The number of benzene rings is 2. The van der Waals surface area contributed by atoms with E-state index in [4.69, 9.17) is 0 Å². The number of ether oxygens (including phenoxy) is 2. The normalized spacial score (nSPS) is 10.1. The van der Waals surface area contributed by atoms with Crippen LogP contribution < -0.4 is 0 Å². The third kappa shape index (κ3) is 3.39. The summed E-state index contributed by atoms with van der Waals surface area (Å²) in [6.07, 6.45) is 0. The summed E-state index contributed by atoms with van der Waals surface area (Å²) in [5.74, 6) is -4.44. The Kier molecular flexibility index (Phi) is 5.36. The Labute approximate surface area is 147 Å². The summed E-state index contributed by atoms with van der Waals surface area (Å²) < 4.78 is 9.13. The highest BCUT2D eigenvalue weighted by Gasteiger charge is 2.24. The van der Waals surface area contributed by atoms with E-state index in [1.165, 1.54) is 30.3 Å². The Hall–Kier alpha value is -3.68. The molecule has 8 heteroatoms. The molecule has 0 saturated carbocycles. The van der Waals surface area contributed by atoms with E-state index >= 15 is 0 Å². The van der Waals surface area contributed by atoms with Crippen molar-refractivity contribution >= 4 is 23.9 Å². The molecule has 0 bridgehead atoms. The largest absolute Gasteiger partial charge is 0.478 e. The van der Waals surface area contributed by atoms with E-state index in [2.05, 4.69) is 9.47 Å². The molecule has 0 fully saturated rings. The van der Waals surface area contributed by atoms with Crippen molar-refractivity contribution in [1.29, 1.82) is 0 Å². The van der Waals surface area contributed by atoms with Gasteiger partial charge in [0.05, 0.1) is 36.5 Å². The first-order valence-corrected chi connectivity index (χ1v) is 7.22. The second-order valence-electron chi connectivity index (χ2n) is 5.08. The Balaban J connectivity index is 2.75. The minimum absolute atomic E-state index is 0.110. The van der Waals surface area contributed by atoms with E-state index in [1.54, 1.807) is 0 Å². The minimum atomic E-state index is -1.38. The van der Waals surface area contributed by atoms with Crippen molar-refractivity contribution in [1.82, 2.24) is 0 Å². The molecule has 134 valence electrons. The number of methoxy groups -OCH3 is 2. The third-order valence-electron chi connectivity index (χ3n) is 3.65. The number of hydrogen-bond acceptors (Lipinski definition) is 6. The smallest absolute Gasteiger partial charge is 0.338 e. The van der Waals surface area contributed by atoms with Gasteiger partial charge >= 0.3 is 23.9 Å². The lowest BCUT2D eigenvalue weighted by atomic mass is 9.93. The van der Waals surface area contributed by atoms with Crippen molar-refractivity contribution in [2.45, 2.75) is 0 Å². The van der Waals surface area contributed by atoms with Crippen molar-refractivity contribution in [3.8, 4) is 11.1 Å². The highest BCUT2D eigenvalue weighted by atomic mass is 16.5. The van der Waals surface area contributed by atoms with Gasteiger partial charge in [-0.25, -0.2) is 19.2 Å². The zero-order valence-electron chi connectivity index (χ0n) is 13.8. The van der Waals surface area contributed by atoms with E-state index in [1.807, 2.05) is 0 Å². The zero-order valence-corrected chi connectivity index (χ0v) is 13.8. The molecule has 0 aliphatic heterocycles. The van der Waals surface area contributed by atoms with Gasteiger partial charge < -0.3 is 19.7 Å². The molecule has 0 heterocycles. The van der Waals surface area contributed by atoms with Crippen LogP contribution in [0.15, 0.2) is 36.4 Å². The fourth-order valence-electron chi connectivity index (χ4n) is 2.48. The monoisotopic (exact) mass is 358 g/mol. The molecule has 2 rings (SSSR count). The number of rotatable bonds is 5. The Bertz CT molecular complexity index is 913. The van der Waals surface area contributed by atoms with Gasteiger partial charge in [0.1, 0.15) is 0 Å². The molecule has 0 aliphatic rings. The van der Waals surface area contributed by atoms with Gasteiger partial charge in [0.2, 0.25) is 0 Å². The second-order valence-corrected chi connectivity index (χ2v) is 5.08. The molecule has 2 aromatic carbocycles. The Morgan fingerprint density at radius 1 is 0.769 bits per heavy atom. The van der Waals surface area contributed by atoms with Gasteiger partial charge in [-0.05, 0) is 29.3 Å². The van der Waals surface area contributed by atoms with Crippen molar-refractivity contribution < 1.29 is 38.9 Å². The van der Waals surface area contributed by atoms with Gasteiger partial charge in [-0.1, -0.05) is 18.2 Å². The molecule has 0 saturated heterocycles. The van der Waals surface area contributed by atoms with Crippen molar-refractivity contribution in [3.05, 3.63) is 58.7 Å². The van der Waals surface area contributed by atoms with Crippen molar-refractivity contribution in [2.24, 2.45) is 0 Å². The lowest BCUT2D eigenvalue weighted by Crippen LogP contribution is -2.13. The topological polar surface area (TPSA) is 127 Å². The quantitative estimate of drug-likeness (QED) is 0.780. The summed E-state index contributed by atoms with van der Waals surface area (Å²) >= 11 is 0. The van der Waals surface area contributed by atoms with Crippen LogP contribution in [0.5, 0.6) is 0 Å². The number of hydrogen-bond donors (Lipinski definition) is 2. The Morgan fingerprint density at radius 3 is 1.92 bits per heavy atom. The molecule has 8 nitrogen and oxygen atoms in total. The van der Waals surface area contributed by atoms with Crippen LogP contribution in [0.2, 0.25) is 0 Å². The lowest BCUT2D eigenvalue weighted by molar-refractivity contribution is 0.0580. The van der Waals surface area contributed by atoms with E-state index in [0.29, 0.717) is 0 Å². The molecule has 2 N–H and O–H groups in total. The molecule has 0 aliphatic carbocycles. The molecule has 0 unspecified atom stereocenters. The lowest BCUT2D eigenvalue weighted by Gasteiger charge is -2.12. The van der Waals surface area contributed by atoms with Crippen LogP contribution in [-0.2, 0) is 9.47 Å². The van der Waals surface area contributed by atoms with E-state index in [-0.39, 0.29) is 33.4 Å². The number of carbonyl (C=O) groups excluding carboxylic acids is 2. The highest BCUT2D eigenvalue weighted by Crippen LogP contribution is 2.29. The van der Waals surface area contributed by atoms with Crippen LogP contribution in [0, 0.1) is 0 Å². The van der Waals surface area contributed by atoms with Crippen LogP contribution in [0.4, 0.5) is 0 Å². The minimum Gasteiger partial charge on any atom is -0.478 e. The molecule has 2 aromatic rings. The summed E-state index contributed by atoms with van der Waals surface area (Å²) in [7, 11) is 2.23. The average Bonchev–Trinajstić information content (AvgIpc) is 2.65. The van der Waals surface area contributed by atoms with E-state index < -0.39 is 23.9 Å². The maximum Gasteiger partial charge on any atom is 0.338 e.